The molecule has 0 saturated heterocycles. The lowest BCUT2D eigenvalue weighted by Crippen LogP contribution is -2.00. The van der Waals surface area contributed by atoms with E-state index in [1.807, 2.05) is 48.5 Å². The molecular weight excluding hydrogens is 224 g/mol. The summed E-state index contributed by atoms with van der Waals surface area (Å²) in [4.78, 5) is 0. The van der Waals surface area contributed by atoms with Gasteiger partial charge in [-0.3, -0.25) is 0 Å². The van der Waals surface area contributed by atoms with Crippen molar-refractivity contribution >= 4 is 5.69 Å². The van der Waals surface area contributed by atoms with E-state index < -0.39 is 0 Å². The summed E-state index contributed by atoms with van der Waals surface area (Å²) in [6, 6.07) is 19.7. The summed E-state index contributed by atoms with van der Waals surface area (Å²) < 4.78 is 5.25. The summed E-state index contributed by atoms with van der Waals surface area (Å²) in [5.41, 5.74) is 2.20. The smallest absolute Gasteiger partial charge is 0.174 e. The van der Waals surface area contributed by atoms with Crippen LogP contribution in [0.5, 0.6) is 5.75 Å². The fraction of sp³-hybridized carbons (Fsp3) is 0.133. The Morgan fingerprint density at radius 1 is 1.06 bits per heavy atom. The molecule has 0 radical (unpaired) electrons. The maximum absolute atomic E-state index is 8.46. The number of nitrogens with one attached hydrogen (secondary N) is 1. The van der Waals surface area contributed by atoms with Gasteiger partial charge in [-0.25, -0.2) is 0 Å². The van der Waals surface area contributed by atoms with Crippen LogP contribution in [0.15, 0.2) is 54.6 Å². The molecule has 0 saturated carbocycles. The Balaban J connectivity index is 1.95. The van der Waals surface area contributed by atoms with Crippen LogP contribution in [-0.2, 0) is 6.54 Å². The molecule has 3 heteroatoms. The highest BCUT2D eigenvalue weighted by molar-refractivity contribution is 5.48. The topological polar surface area (TPSA) is 45.0 Å². The molecule has 0 aliphatic carbocycles. The standard InChI is InChI=1S/C15H14N2O/c16-9-10-18-15-8-4-7-14(11-15)17-12-13-5-2-1-3-6-13/h1-8,11,17H,10,12H2. The van der Waals surface area contributed by atoms with E-state index >= 15 is 0 Å². The highest BCUT2D eigenvalue weighted by Gasteiger charge is 1.97. The molecule has 2 aromatic carbocycles. The molecule has 0 aliphatic rings. The Hall–Kier alpha value is -2.47. The molecule has 0 fully saturated rings. The SMILES string of the molecule is N#CCOc1cccc(NCc2ccccc2)c1. The molecule has 0 amide bonds. The van der Waals surface area contributed by atoms with Crippen LogP contribution >= 0.6 is 0 Å². The lowest BCUT2D eigenvalue weighted by molar-refractivity contribution is 0.368. The number of nitriles is 1. The van der Waals surface area contributed by atoms with Gasteiger partial charge in [-0.1, -0.05) is 36.4 Å². The molecule has 0 aromatic heterocycles. The Kier molecular flexibility index (Phi) is 4.21. The Labute approximate surface area is 107 Å². The first-order valence-corrected chi connectivity index (χ1v) is 5.76. The zero-order valence-electron chi connectivity index (χ0n) is 9.97. The van der Waals surface area contributed by atoms with E-state index in [0.717, 1.165) is 12.2 Å². The van der Waals surface area contributed by atoms with Crippen LogP contribution in [0.1, 0.15) is 5.56 Å². The van der Waals surface area contributed by atoms with Crippen LogP contribution in [-0.4, -0.2) is 6.61 Å². The van der Waals surface area contributed by atoms with E-state index in [1.165, 1.54) is 5.56 Å². The predicted molar refractivity (Wildman–Crippen MR) is 71.3 cm³/mol. The molecule has 1 N–H and O–H groups in total. The molecular formula is C15H14N2O. The fourth-order valence-electron chi connectivity index (χ4n) is 1.61. The third kappa shape index (κ3) is 3.53. The number of ether oxygens (including phenoxy) is 1. The first-order chi connectivity index (χ1) is 8.88. The van der Waals surface area contributed by atoms with Crippen molar-refractivity contribution in [3.05, 3.63) is 60.2 Å². The van der Waals surface area contributed by atoms with Crippen LogP contribution < -0.4 is 10.1 Å². The van der Waals surface area contributed by atoms with Gasteiger partial charge in [-0.05, 0) is 17.7 Å². The minimum absolute atomic E-state index is 0.0716. The van der Waals surface area contributed by atoms with Crippen LogP contribution in [0.2, 0.25) is 0 Å². The van der Waals surface area contributed by atoms with Gasteiger partial charge in [-0.15, -0.1) is 0 Å². The van der Waals surface area contributed by atoms with Crippen molar-refractivity contribution < 1.29 is 4.74 Å². The minimum atomic E-state index is 0.0716. The second-order valence-corrected chi connectivity index (χ2v) is 3.81. The normalized spacial score (nSPS) is 9.50. The summed E-state index contributed by atoms with van der Waals surface area (Å²) in [5.74, 6) is 0.703. The van der Waals surface area contributed by atoms with Crippen molar-refractivity contribution in [1.82, 2.24) is 0 Å². The Bertz CT molecular complexity index is 532. The van der Waals surface area contributed by atoms with E-state index in [9.17, 15) is 0 Å². The number of hydrogen-bond acceptors (Lipinski definition) is 3. The second kappa shape index (κ2) is 6.31. The van der Waals surface area contributed by atoms with Gasteiger partial charge in [0.15, 0.2) is 6.61 Å². The van der Waals surface area contributed by atoms with Crippen molar-refractivity contribution in [3.8, 4) is 11.8 Å². The zero-order valence-corrected chi connectivity index (χ0v) is 9.97. The van der Waals surface area contributed by atoms with Gasteiger partial charge in [0.25, 0.3) is 0 Å². The maximum Gasteiger partial charge on any atom is 0.174 e. The molecule has 2 rings (SSSR count). The van der Waals surface area contributed by atoms with Crippen molar-refractivity contribution in [2.75, 3.05) is 11.9 Å². The lowest BCUT2D eigenvalue weighted by atomic mass is 10.2. The molecule has 0 heterocycles. The number of benzene rings is 2. The first-order valence-electron chi connectivity index (χ1n) is 5.76. The van der Waals surface area contributed by atoms with Gasteiger partial charge in [0, 0.05) is 18.3 Å². The van der Waals surface area contributed by atoms with Crippen molar-refractivity contribution in [1.29, 1.82) is 5.26 Å². The Morgan fingerprint density at radius 3 is 2.67 bits per heavy atom. The summed E-state index contributed by atoms with van der Waals surface area (Å²) >= 11 is 0. The molecule has 2 aromatic rings. The van der Waals surface area contributed by atoms with E-state index in [4.69, 9.17) is 10.00 Å². The maximum atomic E-state index is 8.46. The van der Waals surface area contributed by atoms with Crippen LogP contribution in [0, 0.1) is 11.3 Å². The highest BCUT2D eigenvalue weighted by atomic mass is 16.5. The van der Waals surface area contributed by atoms with Crippen LogP contribution in [0.25, 0.3) is 0 Å². The average Bonchev–Trinajstić information content (AvgIpc) is 2.44. The number of anilines is 1. The van der Waals surface area contributed by atoms with Crippen LogP contribution in [0.4, 0.5) is 5.69 Å². The molecule has 0 spiro atoms. The van der Waals surface area contributed by atoms with Gasteiger partial charge in [0.2, 0.25) is 0 Å². The molecule has 0 atom stereocenters. The lowest BCUT2D eigenvalue weighted by Gasteiger charge is -2.08. The Morgan fingerprint density at radius 2 is 1.89 bits per heavy atom. The van der Waals surface area contributed by atoms with Crippen LogP contribution in [0.3, 0.4) is 0 Å². The van der Waals surface area contributed by atoms with E-state index in [0.29, 0.717) is 5.75 Å². The van der Waals surface area contributed by atoms with E-state index in [-0.39, 0.29) is 6.61 Å². The summed E-state index contributed by atoms with van der Waals surface area (Å²) in [6.07, 6.45) is 0. The van der Waals surface area contributed by atoms with Gasteiger partial charge in [0.05, 0.1) is 0 Å². The zero-order chi connectivity index (χ0) is 12.6. The first kappa shape index (κ1) is 12.0. The van der Waals surface area contributed by atoms with Gasteiger partial charge < -0.3 is 10.1 Å². The van der Waals surface area contributed by atoms with E-state index in [1.54, 1.807) is 0 Å². The van der Waals surface area contributed by atoms with Crippen molar-refractivity contribution in [2.45, 2.75) is 6.54 Å². The van der Waals surface area contributed by atoms with Crippen molar-refractivity contribution in [3.63, 3.8) is 0 Å². The third-order valence-corrected chi connectivity index (χ3v) is 2.48. The number of rotatable bonds is 5. The average molecular weight is 238 g/mol. The third-order valence-electron chi connectivity index (χ3n) is 2.48. The molecule has 0 bridgehead atoms. The molecule has 0 unspecified atom stereocenters. The summed E-state index contributed by atoms with van der Waals surface area (Å²) in [7, 11) is 0. The summed E-state index contributed by atoms with van der Waals surface area (Å²) in [6.45, 7) is 0.838. The number of hydrogen-bond donors (Lipinski definition) is 1. The van der Waals surface area contributed by atoms with Crippen molar-refractivity contribution in [2.24, 2.45) is 0 Å². The largest absolute Gasteiger partial charge is 0.479 e. The monoisotopic (exact) mass is 238 g/mol. The fourth-order valence-corrected chi connectivity index (χ4v) is 1.61. The predicted octanol–water partition coefficient (Wildman–Crippen LogP) is 3.20. The van der Waals surface area contributed by atoms with E-state index in [2.05, 4.69) is 17.4 Å². The summed E-state index contributed by atoms with van der Waals surface area (Å²) in [5, 5.41) is 11.8. The minimum Gasteiger partial charge on any atom is -0.479 e. The van der Waals surface area contributed by atoms with Gasteiger partial charge in [0.1, 0.15) is 11.8 Å². The molecule has 18 heavy (non-hydrogen) atoms. The molecule has 90 valence electrons. The number of nitrogens with zero attached hydrogens (tertiary/aromatic N) is 1. The second-order valence-electron chi connectivity index (χ2n) is 3.81. The molecule has 0 aliphatic heterocycles. The quantitative estimate of drug-likeness (QED) is 0.870. The highest BCUT2D eigenvalue weighted by Crippen LogP contribution is 2.17. The van der Waals surface area contributed by atoms with Gasteiger partial charge >= 0.3 is 0 Å². The molecule has 3 nitrogen and oxygen atoms in total. The van der Waals surface area contributed by atoms with Gasteiger partial charge in [-0.2, -0.15) is 5.26 Å².